The fraction of sp³-hybridized carbons (Fsp3) is 0.581. The van der Waals surface area contributed by atoms with Crippen molar-refractivity contribution in [3.05, 3.63) is 64.7 Å². The molecular formula is C31H50N4O. The number of methoxy groups -OCH3 is 1. The van der Waals surface area contributed by atoms with Gasteiger partial charge < -0.3 is 20.7 Å². The van der Waals surface area contributed by atoms with Crippen LogP contribution < -0.4 is 15.8 Å². The lowest BCUT2D eigenvalue weighted by Gasteiger charge is -2.47. The molecule has 3 N–H and O–H groups in total. The van der Waals surface area contributed by atoms with E-state index in [2.05, 4.69) is 73.2 Å². The minimum Gasteiger partial charge on any atom is -0.497 e. The number of hydrogen-bond acceptors (Lipinski definition) is 5. The standard InChI is InChI=1S/C25H31N3O.C3H8.C2H6.CH5N/c1-27-24-17-25(16-21-7-8-22(29-2)15-23(21)24)10-13-28(14-11-25)12-9-19-3-5-20(18-26)6-4-19;1-3-2;2*1-2/h3-8,15,24,27H,9-14,16-17H2,1-2H3;3H2,1-2H3;1-2H3;2H2,1H3. The number of ether oxygens (including phenoxy) is 1. The Labute approximate surface area is 221 Å². The Kier molecular flexibility index (Phi) is 15.1. The van der Waals surface area contributed by atoms with Gasteiger partial charge in [0.15, 0.2) is 0 Å². The van der Waals surface area contributed by atoms with E-state index in [9.17, 15) is 0 Å². The van der Waals surface area contributed by atoms with Crippen LogP contribution >= 0.6 is 0 Å². The van der Waals surface area contributed by atoms with Crippen LogP contribution in [0.4, 0.5) is 0 Å². The number of nitriles is 1. The van der Waals surface area contributed by atoms with Crippen LogP contribution in [0.1, 0.15) is 81.7 Å². The van der Waals surface area contributed by atoms with Crippen molar-refractivity contribution >= 4 is 0 Å². The molecule has 2 aliphatic rings. The minimum atomic E-state index is 0.416. The zero-order valence-electron chi connectivity index (χ0n) is 23.9. The molecule has 0 amide bonds. The number of rotatable bonds is 5. The van der Waals surface area contributed by atoms with Gasteiger partial charge in [-0.1, -0.05) is 52.3 Å². The molecule has 1 saturated heterocycles. The Morgan fingerprint density at radius 1 is 1.08 bits per heavy atom. The highest BCUT2D eigenvalue weighted by Gasteiger charge is 2.40. The van der Waals surface area contributed by atoms with Crippen LogP contribution in [0.2, 0.25) is 0 Å². The van der Waals surface area contributed by atoms with E-state index in [1.165, 1.54) is 68.9 Å². The molecule has 1 heterocycles. The third-order valence-electron chi connectivity index (χ3n) is 7.00. The summed E-state index contributed by atoms with van der Waals surface area (Å²) in [6.45, 7) is 11.7. The fourth-order valence-corrected chi connectivity index (χ4v) is 5.13. The molecule has 0 radical (unpaired) electrons. The molecule has 0 aromatic heterocycles. The molecule has 2 aromatic carbocycles. The van der Waals surface area contributed by atoms with Gasteiger partial charge >= 0.3 is 0 Å². The molecule has 1 spiro atoms. The van der Waals surface area contributed by atoms with Gasteiger partial charge in [-0.15, -0.1) is 0 Å². The van der Waals surface area contributed by atoms with Crippen LogP contribution in [0, 0.1) is 16.7 Å². The smallest absolute Gasteiger partial charge is 0.119 e. The highest BCUT2D eigenvalue weighted by molar-refractivity contribution is 5.40. The molecule has 36 heavy (non-hydrogen) atoms. The first-order valence-corrected chi connectivity index (χ1v) is 13.7. The number of fused-ring (bicyclic) bond motifs is 1. The average Bonchev–Trinajstić information content (AvgIpc) is 2.95. The van der Waals surface area contributed by atoms with Gasteiger partial charge in [0, 0.05) is 12.6 Å². The van der Waals surface area contributed by atoms with Crippen molar-refractivity contribution in [1.82, 2.24) is 10.2 Å². The van der Waals surface area contributed by atoms with Gasteiger partial charge in [-0.05, 0) is 106 Å². The van der Waals surface area contributed by atoms with E-state index in [0.717, 1.165) is 24.3 Å². The minimum absolute atomic E-state index is 0.416. The molecule has 1 unspecified atom stereocenters. The van der Waals surface area contributed by atoms with Gasteiger partial charge in [0.25, 0.3) is 0 Å². The second-order valence-corrected chi connectivity index (χ2v) is 9.39. The maximum absolute atomic E-state index is 8.94. The van der Waals surface area contributed by atoms with Crippen LogP contribution in [0.15, 0.2) is 42.5 Å². The topological polar surface area (TPSA) is 74.3 Å². The van der Waals surface area contributed by atoms with Gasteiger partial charge in [-0.25, -0.2) is 0 Å². The molecule has 2 aromatic rings. The highest BCUT2D eigenvalue weighted by Crippen LogP contribution is 2.48. The molecule has 1 aliphatic heterocycles. The van der Waals surface area contributed by atoms with E-state index in [-0.39, 0.29) is 0 Å². The van der Waals surface area contributed by atoms with Crippen LogP contribution in [0.25, 0.3) is 0 Å². The van der Waals surface area contributed by atoms with Crippen molar-refractivity contribution in [2.45, 2.75) is 72.3 Å². The summed E-state index contributed by atoms with van der Waals surface area (Å²) in [5.74, 6) is 0.956. The van der Waals surface area contributed by atoms with E-state index in [0.29, 0.717) is 11.5 Å². The first-order valence-electron chi connectivity index (χ1n) is 13.7. The number of nitrogens with two attached hydrogens (primary N) is 1. The first kappa shape index (κ1) is 31.6. The Bertz CT molecular complexity index is 896. The van der Waals surface area contributed by atoms with Crippen molar-refractivity contribution in [3.8, 4) is 11.8 Å². The quantitative estimate of drug-likeness (QED) is 0.524. The van der Waals surface area contributed by atoms with Crippen LogP contribution in [-0.2, 0) is 12.8 Å². The van der Waals surface area contributed by atoms with Gasteiger partial charge in [0.2, 0.25) is 0 Å². The molecular weight excluding hydrogens is 444 g/mol. The van der Waals surface area contributed by atoms with Gasteiger partial charge in [0.05, 0.1) is 18.7 Å². The molecule has 0 bridgehead atoms. The number of hydrogen-bond donors (Lipinski definition) is 2. The summed E-state index contributed by atoms with van der Waals surface area (Å²) in [6, 6.07) is 17.2. The fourth-order valence-electron chi connectivity index (χ4n) is 5.13. The third kappa shape index (κ3) is 8.92. The Morgan fingerprint density at radius 2 is 1.69 bits per heavy atom. The van der Waals surface area contributed by atoms with Crippen molar-refractivity contribution in [1.29, 1.82) is 5.26 Å². The first-order chi connectivity index (χ1) is 17.6. The summed E-state index contributed by atoms with van der Waals surface area (Å²) in [6.07, 6.45) is 7.25. The molecule has 200 valence electrons. The molecule has 5 nitrogen and oxygen atoms in total. The number of nitrogens with one attached hydrogen (secondary N) is 1. The largest absolute Gasteiger partial charge is 0.497 e. The van der Waals surface area contributed by atoms with Crippen molar-refractivity contribution < 1.29 is 4.74 Å². The zero-order chi connectivity index (χ0) is 27.0. The second kappa shape index (κ2) is 17.1. The van der Waals surface area contributed by atoms with Crippen LogP contribution in [-0.4, -0.2) is 45.7 Å². The van der Waals surface area contributed by atoms with Crippen LogP contribution in [0.5, 0.6) is 5.75 Å². The number of nitrogens with zero attached hydrogens (tertiary/aromatic N) is 2. The number of piperidine rings is 1. The molecule has 1 fully saturated rings. The van der Waals surface area contributed by atoms with Crippen LogP contribution in [0.3, 0.4) is 0 Å². The van der Waals surface area contributed by atoms with Gasteiger partial charge in [-0.3, -0.25) is 0 Å². The summed E-state index contributed by atoms with van der Waals surface area (Å²) >= 11 is 0. The predicted molar refractivity (Wildman–Crippen MR) is 154 cm³/mol. The van der Waals surface area contributed by atoms with E-state index in [1.807, 2.05) is 26.0 Å². The monoisotopic (exact) mass is 494 g/mol. The zero-order valence-corrected chi connectivity index (χ0v) is 23.9. The van der Waals surface area contributed by atoms with Crippen molar-refractivity contribution in [2.24, 2.45) is 11.1 Å². The van der Waals surface area contributed by atoms with E-state index >= 15 is 0 Å². The third-order valence-corrected chi connectivity index (χ3v) is 7.00. The highest BCUT2D eigenvalue weighted by atomic mass is 16.5. The van der Waals surface area contributed by atoms with E-state index < -0.39 is 0 Å². The van der Waals surface area contributed by atoms with Gasteiger partial charge in [-0.2, -0.15) is 5.26 Å². The molecule has 0 saturated carbocycles. The molecule has 5 heteroatoms. The summed E-state index contributed by atoms with van der Waals surface area (Å²) in [5.41, 5.74) is 9.88. The molecule has 4 rings (SSSR count). The lowest BCUT2D eigenvalue weighted by atomic mass is 9.64. The van der Waals surface area contributed by atoms with Gasteiger partial charge in [0.1, 0.15) is 5.75 Å². The normalized spacial score (nSPS) is 17.6. The lowest BCUT2D eigenvalue weighted by molar-refractivity contribution is 0.0783. The second-order valence-electron chi connectivity index (χ2n) is 9.39. The Balaban J connectivity index is 0.000000844. The number of benzene rings is 2. The maximum Gasteiger partial charge on any atom is 0.119 e. The Morgan fingerprint density at radius 3 is 2.22 bits per heavy atom. The predicted octanol–water partition coefficient (Wildman–Crippen LogP) is 6.12. The summed E-state index contributed by atoms with van der Waals surface area (Å²) in [4.78, 5) is 2.61. The average molecular weight is 495 g/mol. The van der Waals surface area contributed by atoms with E-state index in [4.69, 9.17) is 10.00 Å². The summed E-state index contributed by atoms with van der Waals surface area (Å²) < 4.78 is 5.45. The Hall–Kier alpha value is -2.39. The number of likely N-dealkylation sites (tertiary alicyclic amines) is 1. The molecule has 1 atom stereocenters. The van der Waals surface area contributed by atoms with Crippen molar-refractivity contribution in [2.75, 3.05) is 40.8 Å². The maximum atomic E-state index is 8.94. The van der Waals surface area contributed by atoms with Crippen molar-refractivity contribution in [3.63, 3.8) is 0 Å². The SMILES string of the molecule is CC.CCC.CN.CNC1CC2(CCN(CCc3ccc(C#N)cc3)CC2)Cc2ccc(OC)cc21. The summed E-state index contributed by atoms with van der Waals surface area (Å²) in [5, 5.41) is 12.5. The summed E-state index contributed by atoms with van der Waals surface area (Å²) in [7, 11) is 5.33. The van der Waals surface area contributed by atoms with E-state index in [1.54, 1.807) is 7.11 Å². The lowest BCUT2D eigenvalue weighted by Crippen LogP contribution is -2.45. The molecule has 1 aliphatic carbocycles.